The highest BCUT2D eigenvalue weighted by Crippen LogP contribution is 2.26. The average Bonchev–Trinajstić information content (AvgIpc) is 2.97. The van der Waals surface area contributed by atoms with E-state index >= 15 is 0 Å². The molecule has 0 saturated carbocycles. The van der Waals surface area contributed by atoms with Crippen LogP contribution in [0, 0.1) is 0 Å². The number of hydrogen-bond acceptors (Lipinski definition) is 5. The normalized spacial score (nSPS) is 12.4. The number of carbonyl (C=O) groups is 1. The van der Waals surface area contributed by atoms with Crippen LogP contribution in [0.1, 0.15) is 21.6 Å². The van der Waals surface area contributed by atoms with E-state index in [0.29, 0.717) is 16.6 Å². The van der Waals surface area contributed by atoms with Crippen molar-refractivity contribution in [3.05, 3.63) is 56.4 Å². The number of para-hydroxylation sites is 1. The molecule has 1 aromatic carbocycles. The fourth-order valence-corrected chi connectivity index (χ4v) is 2.28. The van der Waals surface area contributed by atoms with E-state index in [4.69, 9.17) is 17.3 Å². The number of primary amides is 1. The van der Waals surface area contributed by atoms with Gasteiger partial charge in [0.2, 0.25) is 0 Å². The van der Waals surface area contributed by atoms with Crippen molar-refractivity contribution in [2.45, 2.75) is 5.50 Å². The summed E-state index contributed by atoms with van der Waals surface area (Å²) in [5, 5.41) is 7.33. The van der Waals surface area contributed by atoms with Crippen LogP contribution in [0.4, 0.5) is 0 Å². The van der Waals surface area contributed by atoms with Gasteiger partial charge in [0, 0.05) is 5.56 Å². The van der Waals surface area contributed by atoms with Crippen molar-refractivity contribution in [3.8, 4) is 0 Å². The Labute approximate surface area is 126 Å². The second-order valence-corrected chi connectivity index (χ2v) is 4.88. The molecule has 3 aromatic rings. The van der Waals surface area contributed by atoms with Gasteiger partial charge in [-0.15, -0.1) is 5.10 Å². The number of amides is 1. The minimum absolute atomic E-state index is 0.0345. The van der Waals surface area contributed by atoms with E-state index in [1.807, 2.05) is 0 Å². The van der Waals surface area contributed by atoms with Gasteiger partial charge in [0.15, 0.2) is 11.2 Å². The number of nitrogens with one attached hydrogen (secondary N) is 2. The lowest BCUT2D eigenvalue weighted by Gasteiger charge is -2.11. The lowest BCUT2D eigenvalue weighted by molar-refractivity contribution is 0.0995. The van der Waals surface area contributed by atoms with Gasteiger partial charge in [-0.05, 0) is 6.07 Å². The Hall–Kier alpha value is -2.94. The predicted octanol–water partition coefficient (Wildman–Crippen LogP) is -0.308. The van der Waals surface area contributed by atoms with E-state index < -0.39 is 22.5 Å². The standard InChI is InChI=1S/C12H9ClN6O3/c13-9(19-4-7(10(14)20)17-18-19)5-2-1-3-6-8(5)16-12(22)11(21)15-6/h1-4,9H,(H2,14,20)(H,15,21)(H,16,22). The number of hydrogen-bond donors (Lipinski definition) is 3. The number of carbonyl (C=O) groups excluding carboxylic acids is 1. The van der Waals surface area contributed by atoms with Crippen LogP contribution in [-0.4, -0.2) is 30.9 Å². The summed E-state index contributed by atoms with van der Waals surface area (Å²) in [6.07, 6.45) is 1.29. The predicted molar refractivity (Wildman–Crippen MR) is 77.7 cm³/mol. The van der Waals surface area contributed by atoms with Gasteiger partial charge in [-0.3, -0.25) is 14.4 Å². The smallest absolute Gasteiger partial charge is 0.314 e. The van der Waals surface area contributed by atoms with Gasteiger partial charge in [-0.25, -0.2) is 4.68 Å². The van der Waals surface area contributed by atoms with Crippen molar-refractivity contribution in [2.75, 3.05) is 0 Å². The van der Waals surface area contributed by atoms with Gasteiger partial charge in [0.05, 0.1) is 17.2 Å². The molecule has 0 fully saturated rings. The summed E-state index contributed by atoms with van der Waals surface area (Å²) in [5.74, 6) is -0.731. The van der Waals surface area contributed by atoms with Crippen LogP contribution in [0.25, 0.3) is 11.0 Å². The monoisotopic (exact) mass is 320 g/mol. The van der Waals surface area contributed by atoms with E-state index in [2.05, 4.69) is 20.3 Å². The molecule has 2 aromatic heterocycles. The number of aromatic nitrogens is 5. The van der Waals surface area contributed by atoms with Crippen LogP contribution in [-0.2, 0) is 0 Å². The fraction of sp³-hybridized carbons (Fsp3) is 0.0833. The number of halogens is 1. The highest BCUT2D eigenvalue weighted by molar-refractivity contribution is 6.21. The van der Waals surface area contributed by atoms with Gasteiger partial charge in [0.1, 0.15) is 0 Å². The van der Waals surface area contributed by atoms with Crippen LogP contribution in [0.15, 0.2) is 34.0 Å². The Bertz CT molecular complexity index is 988. The zero-order chi connectivity index (χ0) is 15.9. The number of nitrogens with two attached hydrogens (primary N) is 1. The highest BCUT2D eigenvalue weighted by atomic mass is 35.5. The lowest BCUT2D eigenvalue weighted by atomic mass is 10.1. The molecular formula is C12H9ClN6O3. The third kappa shape index (κ3) is 2.27. The van der Waals surface area contributed by atoms with E-state index in [9.17, 15) is 14.4 Å². The average molecular weight is 321 g/mol. The fourth-order valence-electron chi connectivity index (χ4n) is 2.00. The zero-order valence-corrected chi connectivity index (χ0v) is 11.7. The van der Waals surface area contributed by atoms with Crippen molar-refractivity contribution < 1.29 is 4.79 Å². The Morgan fingerprint density at radius 3 is 2.68 bits per heavy atom. The number of alkyl halides is 1. The minimum atomic E-state index is -0.856. The highest BCUT2D eigenvalue weighted by Gasteiger charge is 2.18. The van der Waals surface area contributed by atoms with Gasteiger partial charge >= 0.3 is 11.1 Å². The summed E-state index contributed by atoms with van der Waals surface area (Å²) < 4.78 is 1.22. The third-order valence-electron chi connectivity index (χ3n) is 3.04. The first-order valence-electron chi connectivity index (χ1n) is 6.08. The molecule has 0 aliphatic carbocycles. The molecule has 0 aliphatic rings. The summed E-state index contributed by atoms with van der Waals surface area (Å²) in [5.41, 5.74) is 3.93. The van der Waals surface area contributed by atoms with Gasteiger partial charge in [-0.1, -0.05) is 28.9 Å². The molecule has 1 atom stereocenters. The summed E-state index contributed by atoms with van der Waals surface area (Å²) in [6.45, 7) is 0. The molecular weight excluding hydrogens is 312 g/mol. The number of nitrogens with zero attached hydrogens (tertiary/aromatic N) is 3. The molecule has 0 spiro atoms. The maximum Gasteiger partial charge on any atom is 0.314 e. The number of rotatable bonds is 3. The van der Waals surface area contributed by atoms with E-state index in [1.165, 1.54) is 10.9 Å². The number of benzene rings is 1. The molecule has 10 heteroatoms. The maximum absolute atomic E-state index is 11.5. The van der Waals surface area contributed by atoms with E-state index in [-0.39, 0.29) is 5.69 Å². The van der Waals surface area contributed by atoms with Crippen LogP contribution in [0.3, 0.4) is 0 Å². The van der Waals surface area contributed by atoms with Crippen molar-refractivity contribution in [1.29, 1.82) is 0 Å². The first-order chi connectivity index (χ1) is 10.5. The molecule has 0 saturated heterocycles. The zero-order valence-electron chi connectivity index (χ0n) is 10.9. The largest absolute Gasteiger partial charge is 0.364 e. The number of H-pyrrole nitrogens is 2. The Morgan fingerprint density at radius 1 is 1.27 bits per heavy atom. The summed E-state index contributed by atoms with van der Waals surface area (Å²) in [7, 11) is 0. The molecule has 9 nitrogen and oxygen atoms in total. The molecule has 2 heterocycles. The van der Waals surface area contributed by atoms with Crippen molar-refractivity contribution in [3.63, 3.8) is 0 Å². The Morgan fingerprint density at radius 2 is 2.00 bits per heavy atom. The molecule has 0 bridgehead atoms. The molecule has 1 unspecified atom stereocenters. The van der Waals surface area contributed by atoms with E-state index in [0.717, 1.165) is 0 Å². The van der Waals surface area contributed by atoms with Crippen molar-refractivity contribution >= 4 is 28.5 Å². The van der Waals surface area contributed by atoms with Crippen molar-refractivity contribution in [2.24, 2.45) is 5.73 Å². The van der Waals surface area contributed by atoms with Crippen molar-refractivity contribution in [1.82, 2.24) is 25.0 Å². The molecule has 3 rings (SSSR count). The summed E-state index contributed by atoms with van der Waals surface area (Å²) >= 11 is 6.32. The third-order valence-corrected chi connectivity index (χ3v) is 3.48. The van der Waals surface area contributed by atoms with Crippen LogP contribution in [0.5, 0.6) is 0 Å². The maximum atomic E-state index is 11.5. The first-order valence-corrected chi connectivity index (χ1v) is 6.52. The Balaban J connectivity index is 2.16. The molecule has 0 aliphatic heterocycles. The second-order valence-electron chi connectivity index (χ2n) is 4.46. The van der Waals surface area contributed by atoms with Gasteiger partial charge < -0.3 is 15.7 Å². The molecule has 1 amide bonds. The van der Waals surface area contributed by atoms with Gasteiger partial charge in [-0.2, -0.15) is 0 Å². The molecule has 4 N–H and O–H groups in total. The quantitative estimate of drug-likeness (QED) is 0.448. The lowest BCUT2D eigenvalue weighted by Crippen LogP contribution is -2.29. The second kappa shape index (κ2) is 5.11. The summed E-state index contributed by atoms with van der Waals surface area (Å²) in [4.78, 5) is 38.8. The Kier molecular flexibility index (Phi) is 3.26. The first kappa shape index (κ1) is 14.0. The molecule has 0 radical (unpaired) electrons. The van der Waals surface area contributed by atoms with Crippen LogP contribution < -0.4 is 16.9 Å². The summed E-state index contributed by atoms with van der Waals surface area (Å²) in [6, 6.07) is 4.93. The van der Waals surface area contributed by atoms with Crippen LogP contribution >= 0.6 is 11.6 Å². The topological polar surface area (TPSA) is 140 Å². The van der Waals surface area contributed by atoms with E-state index in [1.54, 1.807) is 18.2 Å². The van der Waals surface area contributed by atoms with Gasteiger partial charge in [0.25, 0.3) is 5.91 Å². The number of fused-ring (bicyclic) bond motifs is 1. The SMILES string of the molecule is NC(=O)c1cn(C(Cl)c2cccc3[nH]c(=O)c(=O)[nH]c23)nn1. The number of aromatic amines is 2. The molecule has 112 valence electrons. The van der Waals surface area contributed by atoms with Crippen LogP contribution in [0.2, 0.25) is 0 Å². The minimum Gasteiger partial charge on any atom is -0.364 e. The molecule has 22 heavy (non-hydrogen) atoms.